The van der Waals surface area contributed by atoms with E-state index in [2.05, 4.69) is 45.0 Å². The molecule has 0 aliphatic carbocycles. The standard InChI is InChI=1S/C18H22N2OS2/c1-13(20-7-2-3-16(20)15-5-9-22-12-15)18(21)19-8-4-17-14(11-19)6-10-23-17/h5-6,9-10,12-13,16H,2-4,7-8,11H2,1H3/t13-,16+/m1/s1. The predicted molar refractivity (Wildman–Crippen MR) is 95.9 cm³/mol. The molecule has 2 aliphatic rings. The molecule has 1 fully saturated rings. The van der Waals surface area contributed by atoms with Gasteiger partial charge in [-0.3, -0.25) is 9.69 Å². The van der Waals surface area contributed by atoms with Crippen LogP contribution in [0, 0.1) is 0 Å². The highest BCUT2D eigenvalue weighted by molar-refractivity contribution is 7.10. The van der Waals surface area contributed by atoms with Crippen LogP contribution >= 0.6 is 22.7 Å². The third-order valence-electron chi connectivity index (χ3n) is 5.20. The highest BCUT2D eigenvalue weighted by Crippen LogP contribution is 2.35. The first-order valence-electron chi connectivity index (χ1n) is 8.36. The summed E-state index contributed by atoms with van der Waals surface area (Å²) in [5.74, 6) is 0.295. The van der Waals surface area contributed by atoms with Gasteiger partial charge in [0.15, 0.2) is 0 Å². The largest absolute Gasteiger partial charge is 0.337 e. The Morgan fingerprint density at radius 3 is 3.04 bits per heavy atom. The van der Waals surface area contributed by atoms with Crippen molar-refractivity contribution in [3.05, 3.63) is 44.3 Å². The minimum atomic E-state index is -0.0254. The van der Waals surface area contributed by atoms with Gasteiger partial charge in [-0.25, -0.2) is 0 Å². The van der Waals surface area contributed by atoms with Crippen molar-refractivity contribution in [2.24, 2.45) is 0 Å². The molecule has 4 heterocycles. The number of hydrogen-bond donors (Lipinski definition) is 0. The lowest BCUT2D eigenvalue weighted by Crippen LogP contribution is -2.48. The quantitative estimate of drug-likeness (QED) is 0.841. The third kappa shape index (κ3) is 2.86. The normalized spacial score (nSPS) is 23.0. The van der Waals surface area contributed by atoms with Crippen LogP contribution in [0.3, 0.4) is 0 Å². The van der Waals surface area contributed by atoms with Crippen molar-refractivity contribution in [1.82, 2.24) is 9.80 Å². The number of carbonyl (C=O) groups is 1. The molecule has 4 rings (SSSR count). The molecule has 2 aromatic heterocycles. The van der Waals surface area contributed by atoms with Crippen LogP contribution < -0.4 is 0 Å². The maximum Gasteiger partial charge on any atom is 0.239 e. The van der Waals surface area contributed by atoms with Crippen LogP contribution in [0.15, 0.2) is 28.3 Å². The second kappa shape index (κ2) is 6.38. The lowest BCUT2D eigenvalue weighted by atomic mass is 10.1. The minimum absolute atomic E-state index is 0.0254. The van der Waals surface area contributed by atoms with Crippen LogP contribution in [0.5, 0.6) is 0 Å². The summed E-state index contributed by atoms with van der Waals surface area (Å²) in [6, 6.07) is 4.78. The van der Waals surface area contributed by atoms with Crippen molar-refractivity contribution in [2.75, 3.05) is 13.1 Å². The van der Waals surface area contributed by atoms with E-state index in [0.717, 1.165) is 26.1 Å². The van der Waals surface area contributed by atoms with Crippen molar-refractivity contribution in [1.29, 1.82) is 0 Å². The van der Waals surface area contributed by atoms with E-state index in [1.54, 1.807) is 11.3 Å². The zero-order valence-corrected chi connectivity index (χ0v) is 15.0. The van der Waals surface area contributed by atoms with E-state index in [0.29, 0.717) is 11.9 Å². The molecule has 1 amide bonds. The van der Waals surface area contributed by atoms with Gasteiger partial charge in [-0.1, -0.05) is 0 Å². The Balaban J connectivity index is 1.48. The summed E-state index contributed by atoms with van der Waals surface area (Å²) in [5, 5.41) is 6.52. The topological polar surface area (TPSA) is 23.6 Å². The maximum absolute atomic E-state index is 13.0. The van der Waals surface area contributed by atoms with E-state index in [9.17, 15) is 4.79 Å². The third-order valence-corrected chi connectivity index (χ3v) is 6.92. The average molecular weight is 347 g/mol. The van der Waals surface area contributed by atoms with E-state index in [1.807, 2.05) is 11.3 Å². The van der Waals surface area contributed by atoms with E-state index in [1.165, 1.54) is 28.8 Å². The summed E-state index contributed by atoms with van der Waals surface area (Å²) in [4.78, 5) is 18.9. The summed E-state index contributed by atoms with van der Waals surface area (Å²) in [7, 11) is 0. The monoisotopic (exact) mass is 346 g/mol. The van der Waals surface area contributed by atoms with Crippen molar-refractivity contribution in [2.45, 2.75) is 44.8 Å². The molecule has 0 radical (unpaired) electrons. The number of nitrogens with zero attached hydrogens (tertiary/aromatic N) is 2. The predicted octanol–water partition coefficient (Wildman–Crippen LogP) is 3.92. The van der Waals surface area contributed by atoms with Crippen molar-refractivity contribution in [3.63, 3.8) is 0 Å². The van der Waals surface area contributed by atoms with E-state index < -0.39 is 0 Å². The summed E-state index contributed by atoms with van der Waals surface area (Å²) in [6.07, 6.45) is 3.37. The van der Waals surface area contributed by atoms with Crippen LogP contribution in [-0.2, 0) is 17.8 Å². The highest BCUT2D eigenvalue weighted by atomic mass is 32.1. The Labute approximate surface area is 145 Å². The second-order valence-electron chi connectivity index (χ2n) is 6.51. The molecule has 2 aliphatic heterocycles. The van der Waals surface area contributed by atoms with Gasteiger partial charge in [-0.15, -0.1) is 11.3 Å². The van der Waals surface area contributed by atoms with Crippen LogP contribution in [-0.4, -0.2) is 34.8 Å². The van der Waals surface area contributed by atoms with Gasteiger partial charge in [0.05, 0.1) is 6.04 Å². The lowest BCUT2D eigenvalue weighted by Gasteiger charge is -2.35. The van der Waals surface area contributed by atoms with Gasteiger partial charge in [-0.2, -0.15) is 11.3 Å². The van der Waals surface area contributed by atoms with Gasteiger partial charge >= 0.3 is 0 Å². The van der Waals surface area contributed by atoms with E-state index in [4.69, 9.17) is 0 Å². The molecule has 0 bridgehead atoms. The Morgan fingerprint density at radius 2 is 2.22 bits per heavy atom. The van der Waals surface area contributed by atoms with Gasteiger partial charge in [0, 0.05) is 24.0 Å². The molecule has 0 spiro atoms. The van der Waals surface area contributed by atoms with Gasteiger partial charge in [0.2, 0.25) is 5.91 Å². The van der Waals surface area contributed by atoms with Gasteiger partial charge in [0.25, 0.3) is 0 Å². The zero-order valence-electron chi connectivity index (χ0n) is 13.4. The molecule has 23 heavy (non-hydrogen) atoms. The van der Waals surface area contributed by atoms with Crippen molar-refractivity contribution < 1.29 is 4.79 Å². The van der Waals surface area contributed by atoms with Gasteiger partial charge in [-0.05, 0) is 72.1 Å². The molecule has 0 unspecified atom stereocenters. The van der Waals surface area contributed by atoms with Crippen molar-refractivity contribution in [3.8, 4) is 0 Å². The molecule has 2 atom stereocenters. The fourth-order valence-corrected chi connectivity index (χ4v) is 5.51. The lowest BCUT2D eigenvalue weighted by molar-refractivity contribution is -0.137. The Morgan fingerprint density at radius 1 is 1.30 bits per heavy atom. The summed E-state index contributed by atoms with van der Waals surface area (Å²) < 4.78 is 0. The first-order chi connectivity index (χ1) is 11.2. The molecule has 122 valence electrons. The fourth-order valence-electron chi connectivity index (χ4n) is 3.92. The number of fused-ring (bicyclic) bond motifs is 1. The first-order valence-corrected chi connectivity index (χ1v) is 10.2. The summed E-state index contributed by atoms with van der Waals surface area (Å²) in [6.45, 7) is 4.79. The number of hydrogen-bond acceptors (Lipinski definition) is 4. The smallest absolute Gasteiger partial charge is 0.239 e. The number of likely N-dealkylation sites (tertiary alicyclic amines) is 1. The first kappa shape index (κ1) is 15.4. The van der Waals surface area contributed by atoms with Crippen LogP contribution in [0.2, 0.25) is 0 Å². The van der Waals surface area contributed by atoms with Gasteiger partial charge < -0.3 is 4.90 Å². The molecular formula is C18H22N2OS2. The number of rotatable bonds is 3. The highest BCUT2D eigenvalue weighted by Gasteiger charge is 2.35. The van der Waals surface area contributed by atoms with Crippen LogP contribution in [0.4, 0.5) is 0 Å². The Bertz CT molecular complexity index is 679. The molecule has 0 N–H and O–H groups in total. The van der Waals surface area contributed by atoms with E-state index >= 15 is 0 Å². The number of carbonyl (C=O) groups excluding carboxylic acids is 1. The van der Waals surface area contributed by atoms with E-state index in [-0.39, 0.29) is 6.04 Å². The zero-order chi connectivity index (χ0) is 15.8. The minimum Gasteiger partial charge on any atom is -0.337 e. The summed E-state index contributed by atoms with van der Waals surface area (Å²) in [5.41, 5.74) is 2.73. The van der Waals surface area contributed by atoms with Crippen LogP contribution in [0.1, 0.15) is 41.8 Å². The average Bonchev–Trinajstić information content (AvgIpc) is 3.32. The molecule has 0 aromatic carbocycles. The summed E-state index contributed by atoms with van der Waals surface area (Å²) >= 11 is 3.57. The number of amides is 1. The second-order valence-corrected chi connectivity index (χ2v) is 8.29. The maximum atomic E-state index is 13.0. The SMILES string of the molecule is C[C@H](C(=O)N1CCc2sccc2C1)N1CCC[C@H]1c1ccsc1. The van der Waals surface area contributed by atoms with Crippen LogP contribution in [0.25, 0.3) is 0 Å². The molecular weight excluding hydrogens is 324 g/mol. The molecule has 5 heteroatoms. The van der Waals surface area contributed by atoms with Gasteiger partial charge in [0.1, 0.15) is 0 Å². The molecule has 1 saturated heterocycles. The molecule has 3 nitrogen and oxygen atoms in total. The Kier molecular flexibility index (Phi) is 4.26. The molecule has 0 saturated carbocycles. The fraction of sp³-hybridized carbons (Fsp3) is 0.500. The van der Waals surface area contributed by atoms with Crippen molar-refractivity contribution >= 4 is 28.6 Å². The number of thiophene rings is 2. The molecule has 2 aromatic rings. The Hall–Kier alpha value is -1.17.